The van der Waals surface area contributed by atoms with Crippen LogP contribution in [0.2, 0.25) is 5.02 Å². The first kappa shape index (κ1) is 20.8. The van der Waals surface area contributed by atoms with E-state index in [-0.39, 0.29) is 27.4 Å². The Morgan fingerprint density at radius 3 is 2.50 bits per heavy atom. The summed E-state index contributed by atoms with van der Waals surface area (Å²) in [7, 11) is -3.74. The summed E-state index contributed by atoms with van der Waals surface area (Å²) in [5, 5.41) is 2.97. The van der Waals surface area contributed by atoms with Gasteiger partial charge in [0.2, 0.25) is 10.0 Å². The van der Waals surface area contributed by atoms with Crippen LogP contribution in [0.5, 0.6) is 0 Å². The molecule has 1 aliphatic rings. The molecule has 28 heavy (non-hydrogen) atoms. The number of hydrogen-bond acceptors (Lipinski definition) is 4. The molecular weight excluding hydrogens is 398 g/mol. The number of carbonyl (C=O) groups is 1. The number of amides is 1. The Balaban J connectivity index is 1.83. The Kier molecular flexibility index (Phi) is 6.69. The van der Waals surface area contributed by atoms with Crippen molar-refractivity contribution in [3.8, 4) is 0 Å². The molecule has 6 nitrogen and oxygen atoms in total. The van der Waals surface area contributed by atoms with Crippen molar-refractivity contribution < 1.29 is 13.2 Å². The van der Waals surface area contributed by atoms with Crippen LogP contribution in [0.3, 0.4) is 0 Å². The average molecular weight is 422 g/mol. The molecule has 0 saturated carbocycles. The number of pyridine rings is 1. The van der Waals surface area contributed by atoms with Gasteiger partial charge in [-0.25, -0.2) is 8.42 Å². The molecule has 2 aromatic rings. The third-order valence-corrected chi connectivity index (χ3v) is 7.24. The molecule has 0 radical (unpaired) electrons. The lowest BCUT2D eigenvalue weighted by molar-refractivity contribution is 0.0939. The Hall–Kier alpha value is -1.96. The Morgan fingerprint density at radius 2 is 1.86 bits per heavy atom. The normalized spacial score (nSPS) is 16.9. The van der Waals surface area contributed by atoms with Crippen LogP contribution < -0.4 is 5.32 Å². The second kappa shape index (κ2) is 9.03. The molecule has 2 heterocycles. The Labute approximate surface area is 171 Å². The molecule has 1 amide bonds. The summed E-state index contributed by atoms with van der Waals surface area (Å²) in [4.78, 5) is 16.9. The highest BCUT2D eigenvalue weighted by atomic mass is 35.5. The van der Waals surface area contributed by atoms with Gasteiger partial charge in [-0.05, 0) is 50.1 Å². The van der Waals surface area contributed by atoms with E-state index in [1.54, 1.807) is 12.3 Å². The first-order valence-electron chi connectivity index (χ1n) is 9.41. The molecule has 1 fully saturated rings. The lowest BCUT2D eigenvalue weighted by atomic mass is 10.1. The largest absolute Gasteiger partial charge is 0.344 e. The van der Waals surface area contributed by atoms with Crippen LogP contribution in [0.4, 0.5) is 0 Å². The van der Waals surface area contributed by atoms with Crippen LogP contribution in [0, 0.1) is 0 Å². The second-order valence-corrected chi connectivity index (χ2v) is 9.23. The van der Waals surface area contributed by atoms with Crippen molar-refractivity contribution in [3.05, 3.63) is 58.9 Å². The number of benzene rings is 1. The van der Waals surface area contributed by atoms with Crippen LogP contribution in [0.25, 0.3) is 0 Å². The molecule has 0 spiro atoms. The minimum Gasteiger partial charge on any atom is -0.344 e. The first-order valence-corrected chi connectivity index (χ1v) is 11.2. The van der Waals surface area contributed by atoms with Crippen molar-refractivity contribution in [1.29, 1.82) is 0 Å². The number of carbonyl (C=O) groups excluding carboxylic acids is 1. The van der Waals surface area contributed by atoms with Gasteiger partial charge < -0.3 is 5.32 Å². The number of nitrogens with zero attached hydrogens (tertiary/aromatic N) is 2. The van der Waals surface area contributed by atoms with Crippen molar-refractivity contribution in [2.24, 2.45) is 0 Å². The number of hydrogen-bond donors (Lipinski definition) is 1. The van der Waals surface area contributed by atoms with Gasteiger partial charge in [0.05, 0.1) is 16.8 Å². The molecule has 1 aliphatic heterocycles. The molecule has 1 aromatic heterocycles. The third-order valence-electron chi connectivity index (χ3n) is 4.86. The summed E-state index contributed by atoms with van der Waals surface area (Å²) in [5.74, 6) is -0.373. The summed E-state index contributed by atoms with van der Waals surface area (Å²) in [6.45, 7) is 2.78. The summed E-state index contributed by atoms with van der Waals surface area (Å²) in [6, 6.07) is 9.52. The van der Waals surface area contributed by atoms with Crippen molar-refractivity contribution >= 4 is 27.5 Å². The van der Waals surface area contributed by atoms with E-state index >= 15 is 0 Å². The Morgan fingerprint density at radius 1 is 1.14 bits per heavy atom. The minimum atomic E-state index is -3.74. The molecule has 150 valence electrons. The fourth-order valence-electron chi connectivity index (χ4n) is 3.25. The van der Waals surface area contributed by atoms with E-state index < -0.39 is 10.0 Å². The highest BCUT2D eigenvalue weighted by molar-refractivity contribution is 7.89. The predicted molar refractivity (Wildman–Crippen MR) is 109 cm³/mol. The van der Waals surface area contributed by atoms with Crippen molar-refractivity contribution in [1.82, 2.24) is 14.6 Å². The zero-order chi connectivity index (χ0) is 20.1. The zero-order valence-electron chi connectivity index (χ0n) is 15.8. The first-order chi connectivity index (χ1) is 13.4. The topological polar surface area (TPSA) is 79.4 Å². The maximum absolute atomic E-state index is 13.1. The fourth-order valence-corrected chi connectivity index (χ4v) is 5.27. The van der Waals surface area contributed by atoms with Crippen LogP contribution in [-0.2, 0) is 10.0 Å². The molecule has 1 saturated heterocycles. The van der Waals surface area contributed by atoms with E-state index in [4.69, 9.17) is 11.6 Å². The number of sulfonamides is 1. The Bertz CT molecular complexity index is 927. The lowest BCUT2D eigenvalue weighted by Gasteiger charge is -2.21. The quantitative estimate of drug-likeness (QED) is 0.796. The second-order valence-electron chi connectivity index (χ2n) is 6.91. The van der Waals surface area contributed by atoms with Crippen LogP contribution in [-0.4, -0.2) is 36.7 Å². The third kappa shape index (κ3) is 4.71. The number of aromatic nitrogens is 1. The molecule has 1 aromatic carbocycles. The van der Waals surface area contributed by atoms with Crippen LogP contribution in [0.15, 0.2) is 47.5 Å². The van der Waals surface area contributed by atoms with Gasteiger partial charge in [-0.1, -0.05) is 30.5 Å². The molecule has 0 aliphatic carbocycles. The smallest absolute Gasteiger partial charge is 0.251 e. The van der Waals surface area contributed by atoms with Gasteiger partial charge in [0.15, 0.2) is 0 Å². The molecule has 8 heteroatoms. The monoisotopic (exact) mass is 421 g/mol. The van der Waals surface area contributed by atoms with E-state index in [1.165, 1.54) is 22.5 Å². The van der Waals surface area contributed by atoms with Gasteiger partial charge in [-0.15, -0.1) is 0 Å². The van der Waals surface area contributed by atoms with Gasteiger partial charge >= 0.3 is 0 Å². The zero-order valence-corrected chi connectivity index (χ0v) is 17.3. The minimum absolute atomic E-state index is 0.0193. The van der Waals surface area contributed by atoms with E-state index in [0.29, 0.717) is 13.1 Å². The van der Waals surface area contributed by atoms with Crippen LogP contribution in [0.1, 0.15) is 54.7 Å². The van der Waals surface area contributed by atoms with E-state index in [2.05, 4.69) is 10.3 Å². The number of nitrogens with one attached hydrogen (secondary N) is 1. The van der Waals surface area contributed by atoms with Crippen molar-refractivity contribution in [2.75, 3.05) is 13.1 Å². The van der Waals surface area contributed by atoms with Gasteiger partial charge in [-0.3, -0.25) is 9.78 Å². The van der Waals surface area contributed by atoms with E-state index in [9.17, 15) is 13.2 Å². The molecule has 1 unspecified atom stereocenters. The maximum atomic E-state index is 13.1. The lowest BCUT2D eigenvalue weighted by Crippen LogP contribution is -2.32. The standard InChI is InChI=1S/C20H24ClN3O3S/c1-15(18-8-4-5-11-22-18)23-20(25)16-9-10-17(21)19(14-16)28(26,27)24-12-6-2-3-7-13-24/h4-5,8-11,14-15H,2-3,6-7,12-13H2,1H3,(H,23,25). The maximum Gasteiger partial charge on any atom is 0.251 e. The highest BCUT2D eigenvalue weighted by Crippen LogP contribution is 2.28. The fraction of sp³-hybridized carbons (Fsp3) is 0.400. The van der Waals surface area contributed by atoms with E-state index in [1.807, 2.05) is 19.1 Å². The van der Waals surface area contributed by atoms with Crippen molar-refractivity contribution in [3.63, 3.8) is 0 Å². The molecule has 3 rings (SSSR count). The van der Waals surface area contributed by atoms with Gasteiger partial charge in [0.25, 0.3) is 5.91 Å². The van der Waals surface area contributed by atoms with Crippen LogP contribution >= 0.6 is 11.6 Å². The molecule has 1 N–H and O–H groups in total. The summed E-state index contributed by atoms with van der Waals surface area (Å²) >= 11 is 6.20. The molecule has 0 bridgehead atoms. The average Bonchev–Trinajstić information content (AvgIpc) is 2.99. The van der Waals surface area contributed by atoms with E-state index in [0.717, 1.165) is 31.4 Å². The van der Waals surface area contributed by atoms with Crippen molar-refractivity contribution in [2.45, 2.75) is 43.5 Å². The molecule has 1 atom stereocenters. The van der Waals surface area contributed by atoms with Gasteiger partial charge in [-0.2, -0.15) is 4.31 Å². The van der Waals surface area contributed by atoms with Gasteiger partial charge in [0.1, 0.15) is 4.90 Å². The summed E-state index contributed by atoms with van der Waals surface area (Å²) in [5.41, 5.74) is 0.975. The number of halogens is 1. The van der Waals surface area contributed by atoms with Gasteiger partial charge in [0, 0.05) is 24.8 Å². The summed E-state index contributed by atoms with van der Waals surface area (Å²) < 4.78 is 27.6. The SMILES string of the molecule is CC(NC(=O)c1ccc(Cl)c(S(=O)(=O)N2CCCCCC2)c1)c1ccccn1. The number of rotatable bonds is 5. The predicted octanol–water partition coefficient (Wildman–Crippen LogP) is 3.79. The molecular formula is C20H24ClN3O3S. The summed E-state index contributed by atoms with van der Waals surface area (Å²) in [6.07, 6.45) is 5.37. The highest BCUT2D eigenvalue weighted by Gasteiger charge is 2.28.